The molecule has 0 rings (SSSR count). The number of hydrogen-bond acceptors (Lipinski definition) is 3. The van der Waals surface area contributed by atoms with Gasteiger partial charge in [0.25, 0.3) is 0 Å². The van der Waals surface area contributed by atoms with Gasteiger partial charge < -0.3 is 8.85 Å². The van der Waals surface area contributed by atoms with E-state index < -0.39 is 16.6 Å². The van der Waals surface area contributed by atoms with E-state index >= 15 is 0 Å². The van der Waals surface area contributed by atoms with Gasteiger partial charge in [0, 0.05) is 11.6 Å². The first kappa shape index (κ1) is 16.6. The van der Waals surface area contributed by atoms with Crippen molar-refractivity contribution in [2.24, 2.45) is 0 Å². The molecule has 0 radical (unpaired) electrons. The van der Waals surface area contributed by atoms with Gasteiger partial charge in [0.1, 0.15) is 0 Å². The van der Waals surface area contributed by atoms with Crippen LogP contribution in [0.15, 0.2) is 12.2 Å². The minimum atomic E-state index is -1.75. The smallest absolute Gasteiger partial charge is 0.333 e. The maximum Gasteiger partial charge on any atom is 0.333 e. The quantitative estimate of drug-likeness (QED) is 0.422. The third-order valence-electron chi connectivity index (χ3n) is 2.02. The lowest BCUT2D eigenvalue weighted by molar-refractivity contribution is -0.142. The van der Waals surface area contributed by atoms with E-state index in [1.807, 2.05) is 6.92 Å². The number of carbonyl (C=O) groups is 1. The van der Waals surface area contributed by atoms with Gasteiger partial charge in [-0.15, -0.1) is 0 Å². The Labute approximate surface area is 107 Å². The maximum absolute atomic E-state index is 11.4. The van der Waals surface area contributed by atoms with E-state index in [0.29, 0.717) is 5.57 Å². The molecule has 100 valence electrons. The van der Waals surface area contributed by atoms with Crippen LogP contribution in [-0.4, -0.2) is 28.7 Å². The van der Waals surface area contributed by atoms with Crippen LogP contribution in [0.5, 0.6) is 0 Å². The molecule has 0 N–H and O–H groups in total. The average Bonchev–Trinajstić information content (AvgIpc) is 1.96. The average molecular weight is 275 g/mol. The van der Waals surface area contributed by atoms with Crippen molar-refractivity contribution in [1.29, 1.82) is 0 Å². The highest BCUT2D eigenvalue weighted by Crippen LogP contribution is 2.21. The van der Waals surface area contributed by atoms with Crippen molar-refractivity contribution < 1.29 is 13.6 Å². The van der Waals surface area contributed by atoms with Gasteiger partial charge >= 0.3 is 5.97 Å². The highest BCUT2D eigenvalue weighted by molar-refractivity contribution is 6.84. The van der Waals surface area contributed by atoms with Crippen LogP contribution in [0.4, 0.5) is 0 Å². The Morgan fingerprint density at radius 3 is 2.06 bits per heavy atom. The Kier molecular flexibility index (Phi) is 5.83. The molecule has 1 atom stereocenters. The van der Waals surface area contributed by atoms with E-state index in [1.165, 1.54) is 0 Å². The molecule has 0 aromatic rings. The van der Waals surface area contributed by atoms with Gasteiger partial charge in [-0.1, -0.05) is 6.58 Å². The lowest BCUT2D eigenvalue weighted by Gasteiger charge is -2.33. The Morgan fingerprint density at radius 1 is 1.24 bits per heavy atom. The fraction of sp³-hybridized carbons (Fsp3) is 0.750. The van der Waals surface area contributed by atoms with Gasteiger partial charge in [-0.25, -0.2) is 4.79 Å². The first-order chi connectivity index (χ1) is 7.43. The Bertz CT molecular complexity index is 293. The molecule has 3 nitrogen and oxygen atoms in total. The zero-order chi connectivity index (χ0) is 13.9. The molecule has 0 saturated heterocycles. The van der Waals surface area contributed by atoms with Crippen molar-refractivity contribution in [3.63, 3.8) is 0 Å². The maximum atomic E-state index is 11.4. The topological polar surface area (TPSA) is 35.5 Å². The SMILES string of the molecule is C=C(C)C(=O)OC(C)C[Si](C)(C)O[Si](C)(C)C. The van der Waals surface area contributed by atoms with Gasteiger partial charge in [0.15, 0.2) is 16.6 Å². The van der Waals surface area contributed by atoms with E-state index in [2.05, 4.69) is 39.3 Å². The summed E-state index contributed by atoms with van der Waals surface area (Å²) in [7, 11) is -3.27. The molecule has 1 unspecified atom stereocenters. The first-order valence-corrected chi connectivity index (χ1v) is 12.5. The minimum absolute atomic E-state index is 0.0998. The van der Waals surface area contributed by atoms with E-state index in [1.54, 1.807) is 6.92 Å². The standard InChI is InChI=1S/C12H26O3Si2/c1-10(2)12(13)14-11(3)9-17(7,8)15-16(4,5)6/h11H,1,9H2,2-8H3. The predicted molar refractivity (Wildman–Crippen MR) is 77.1 cm³/mol. The molecule has 0 aliphatic heterocycles. The molecule has 0 aliphatic carbocycles. The molecule has 0 aromatic carbocycles. The lowest BCUT2D eigenvalue weighted by atomic mass is 10.3. The number of carbonyl (C=O) groups excluding carboxylic acids is 1. The van der Waals surface area contributed by atoms with Gasteiger partial charge in [-0.05, 0) is 46.6 Å². The summed E-state index contributed by atoms with van der Waals surface area (Å²) in [6, 6.07) is 0.830. The summed E-state index contributed by atoms with van der Waals surface area (Å²) in [6.07, 6.45) is -0.0998. The minimum Gasteiger partial charge on any atom is -0.460 e. The van der Waals surface area contributed by atoms with Crippen molar-refractivity contribution in [2.45, 2.75) is 58.7 Å². The molecule has 0 aromatic heterocycles. The van der Waals surface area contributed by atoms with Crippen molar-refractivity contribution in [1.82, 2.24) is 0 Å². The summed E-state index contributed by atoms with van der Waals surface area (Å²) in [6.45, 7) is 18.1. The summed E-state index contributed by atoms with van der Waals surface area (Å²) in [5.74, 6) is -0.310. The Balaban J connectivity index is 4.32. The van der Waals surface area contributed by atoms with Crippen LogP contribution in [0.1, 0.15) is 13.8 Å². The third-order valence-corrected chi connectivity index (χ3v) is 8.24. The van der Waals surface area contributed by atoms with Crippen LogP contribution in [0.2, 0.25) is 38.8 Å². The summed E-state index contributed by atoms with van der Waals surface area (Å²) < 4.78 is 11.5. The molecule has 17 heavy (non-hydrogen) atoms. The fourth-order valence-electron chi connectivity index (χ4n) is 1.89. The summed E-state index contributed by atoms with van der Waals surface area (Å²) in [5.41, 5.74) is 0.447. The van der Waals surface area contributed by atoms with Gasteiger partial charge in [0.2, 0.25) is 0 Å². The van der Waals surface area contributed by atoms with Crippen LogP contribution in [0.25, 0.3) is 0 Å². The Hall–Kier alpha value is -0.396. The molecular formula is C12H26O3Si2. The zero-order valence-electron chi connectivity index (χ0n) is 12.2. The van der Waals surface area contributed by atoms with Crippen molar-refractivity contribution in [3.8, 4) is 0 Å². The van der Waals surface area contributed by atoms with Gasteiger partial charge in [-0.3, -0.25) is 0 Å². The fourth-order valence-corrected chi connectivity index (χ4v) is 10.3. The predicted octanol–water partition coefficient (Wildman–Crippen LogP) is 3.55. The van der Waals surface area contributed by atoms with E-state index in [4.69, 9.17) is 8.85 Å². The summed E-state index contributed by atoms with van der Waals surface area (Å²) in [5, 5.41) is 0. The van der Waals surface area contributed by atoms with Crippen LogP contribution in [-0.2, 0) is 13.6 Å². The molecular weight excluding hydrogens is 248 g/mol. The van der Waals surface area contributed by atoms with Crippen LogP contribution < -0.4 is 0 Å². The largest absolute Gasteiger partial charge is 0.460 e. The molecule has 0 spiro atoms. The number of rotatable bonds is 6. The van der Waals surface area contributed by atoms with E-state index in [9.17, 15) is 4.79 Å². The van der Waals surface area contributed by atoms with Crippen LogP contribution >= 0.6 is 0 Å². The van der Waals surface area contributed by atoms with E-state index in [0.717, 1.165) is 6.04 Å². The van der Waals surface area contributed by atoms with Gasteiger partial charge in [-0.2, -0.15) is 0 Å². The highest BCUT2D eigenvalue weighted by atomic mass is 28.4. The Morgan fingerprint density at radius 2 is 1.71 bits per heavy atom. The normalized spacial score (nSPS) is 14.3. The lowest BCUT2D eigenvalue weighted by Crippen LogP contribution is -2.44. The second kappa shape index (κ2) is 5.97. The van der Waals surface area contributed by atoms with Crippen molar-refractivity contribution >= 4 is 22.6 Å². The third kappa shape index (κ3) is 8.34. The van der Waals surface area contributed by atoms with Crippen LogP contribution in [0.3, 0.4) is 0 Å². The molecule has 0 aliphatic rings. The zero-order valence-corrected chi connectivity index (χ0v) is 14.2. The molecule has 0 bridgehead atoms. The highest BCUT2D eigenvalue weighted by Gasteiger charge is 2.32. The summed E-state index contributed by atoms with van der Waals surface area (Å²) in [4.78, 5) is 11.4. The number of esters is 1. The number of hydrogen-bond donors (Lipinski definition) is 0. The molecule has 0 amide bonds. The molecule has 5 heteroatoms. The first-order valence-electron chi connectivity index (χ1n) is 5.99. The molecule has 0 fully saturated rings. The van der Waals surface area contributed by atoms with Gasteiger partial charge in [0.05, 0.1) is 6.10 Å². The molecule has 0 saturated carbocycles. The summed E-state index contributed by atoms with van der Waals surface area (Å²) >= 11 is 0. The van der Waals surface area contributed by atoms with Crippen molar-refractivity contribution in [3.05, 3.63) is 12.2 Å². The van der Waals surface area contributed by atoms with E-state index in [-0.39, 0.29) is 12.1 Å². The second-order valence-electron chi connectivity index (χ2n) is 6.17. The molecule has 0 heterocycles. The van der Waals surface area contributed by atoms with Crippen molar-refractivity contribution in [2.75, 3.05) is 0 Å². The number of ether oxygens (including phenoxy) is 1. The second-order valence-corrected chi connectivity index (χ2v) is 15.1. The van der Waals surface area contributed by atoms with Crippen LogP contribution in [0, 0.1) is 0 Å². The monoisotopic (exact) mass is 274 g/mol.